The van der Waals surface area contributed by atoms with Crippen LogP contribution in [0.2, 0.25) is 0 Å². The highest BCUT2D eigenvalue weighted by Gasteiger charge is 2.19. The molecule has 1 aromatic heterocycles. The minimum Gasteiger partial charge on any atom is -0.507 e. The maximum atomic E-state index is 10.3. The third kappa shape index (κ3) is 4.27. The van der Waals surface area contributed by atoms with Gasteiger partial charge < -0.3 is 15.3 Å². The highest BCUT2D eigenvalue weighted by molar-refractivity contribution is 9.12. The van der Waals surface area contributed by atoms with Crippen LogP contribution >= 0.6 is 15.9 Å². The molecule has 7 heteroatoms. The number of likely N-dealkylation sites (N-methyl/N-ethyl adjacent to an activating group) is 1. The molecule has 2 aromatic rings. The molecule has 1 unspecified atom stereocenters. The number of aryl methyl sites for hydroxylation is 1. The molecule has 1 fully saturated rings. The summed E-state index contributed by atoms with van der Waals surface area (Å²) < 4.78 is 0. The van der Waals surface area contributed by atoms with E-state index >= 15 is 0 Å². The zero-order chi connectivity index (χ0) is 17.8. The van der Waals surface area contributed by atoms with Gasteiger partial charge in [-0.05, 0) is 56.4 Å². The summed E-state index contributed by atoms with van der Waals surface area (Å²) in [7, 11) is 2.12. The van der Waals surface area contributed by atoms with Crippen molar-refractivity contribution in [2.45, 2.75) is 25.8 Å². The van der Waals surface area contributed by atoms with Gasteiger partial charge in [0.25, 0.3) is 0 Å². The van der Waals surface area contributed by atoms with Crippen LogP contribution in [-0.4, -0.2) is 51.4 Å². The Bertz CT molecular complexity index is 830. The van der Waals surface area contributed by atoms with E-state index in [1.165, 1.54) is 0 Å². The maximum Gasteiger partial charge on any atom is 0.243 e. The van der Waals surface area contributed by atoms with Crippen molar-refractivity contribution >= 4 is 21.9 Å². The standard InChI is InChI=1S/C18H20BrN5O/c1-12-17(15-6-5-13(7-8-19)10-16(15)25)22-23-18(20-12)21-14-4-3-9-24(2)11-14/h5-6,10,14,25H,3-4,9,11H2,1-2H3,(H,20,21,23). The number of aromatic nitrogens is 3. The first-order valence-electron chi connectivity index (χ1n) is 8.18. The van der Waals surface area contributed by atoms with Crippen molar-refractivity contribution in [1.82, 2.24) is 20.1 Å². The molecule has 3 rings (SSSR count). The van der Waals surface area contributed by atoms with E-state index in [-0.39, 0.29) is 5.75 Å². The minimum atomic E-state index is 0.113. The number of nitrogens with zero attached hydrogens (tertiary/aromatic N) is 4. The van der Waals surface area contributed by atoms with Gasteiger partial charge in [-0.1, -0.05) is 5.92 Å². The highest BCUT2D eigenvalue weighted by atomic mass is 79.9. The van der Waals surface area contributed by atoms with Crippen molar-refractivity contribution in [2.24, 2.45) is 0 Å². The normalized spacial score (nSPS) is 17.6. The van der Waals surface area contributed by atoms with Gasteiger partial charge in [-0.25, -0.2) is 4.98 Å². The average molecular weight is 402 g/mol. The molecule has 0 spiro atoms. The number of nitrogens with one attached hydrogen (secondary N) is 1. The topological polar surface area (TPSA) is 74.2 Å². The summed E-state index contributed by atoms with van der Waals surface area (Å²) in [5.41, 5.74) is 2.61. The van der Waals surface area contributed by atoms with E-state index in [2.05, 4.69) is 59.1 Å². The smallest absolute Gasteiger partial charge is 0.243 e. The van der Waals surface area contributed by atoms with Crippen molar-refractivity contribution < 1.29 is 5.11 Å². The Hall–Kier alpha value is -2.17. The molecule has 0 aliphatic carbocycles. The summed E-state index contributed by atoms with van der Waals surface area (Å²) in [6.07, 6.45) is 2.27. The molecule has 25 heavy (non-hydrogen) atoms. The predicted octanol–water partition coefficient (Wildman–Crippen LogP) is 2.76. The van der Waals surface area contributed by atoms with Crippen molar-refractivity contribution in [3.63, 3.8) is 0 Å². The van der Waals surface area contributed by atoms with Crippen molar-refractivity contribution in [3.8, 4) is 27.8 Å². The summed E-state index contributed by atoms with van der Waals surface area (Å²) in [4.78, 5) is 9.45. The van der Waals surface area contributed by atoms with Crippen LogP contribution in [0.5, 0.6) is 5.75 Å². The van der Waals surface area contributed by atoms with Crippen LogP contribution < -0.4 is 5.32 Å². The number of piperidine rings is 1. The number of benzene rings is 1. The SMILES string of the molecule is Cc1nc(NC2CCCN(C)C2)nnc1-c1ccc(C#CBr)cc1O. The fraction of sp³-hybridized carbons (Fsp3) is 0.389. The second-order valence-corrected chi connectivity index (χ2v) is 6.66. The number of hydrogen-bond donors (Lipinski definition) is 2. The van der Waals surface area contributed by atoms with Crippen LogP contribution in [-0.2, 0) is 0 Å². The summed E-state index contributed by atoms with van der Waals surface area (Å²) in [5.74, 6) is 3.48. The molecule has 2 N–H and O–H groups in total. The number of anilines is 1. The molecule has 1 aromatic carbocycles. The number of phenolic OH excluding ortho intramolecular Hbond substituents is 1. The van der Waals surface area contributed by atoms with Gasteiger partial charge in [0.15, 0.2) is 0 Å². The molecule has 6 nitrogen and oxygen atoms in total. The number of phenols is 1. The van der Waals surface area contributed by atoms with Gasteiger partial charge in [0.1, 0.15) is 11.4 Å². The van der Waals surface area contributed by atoms with Crippen LogP contribution in [0.15, 0.2) is 18.2 Å². The van der Waals surface area contributed by atoms with E-state index in [4.69, 9.17) is 0 Å². The summed E-state index contributed by atoms with van der Waals surface area (Å²) in [6.45, 7) is 3.97. The number of hydrogen-bond acceptors (Lipinski definition) is 6. The first-order valence-corrected chi connectivity index (χ1v) is 8.97. The Morgan fingerprint density at radius 1 is 1.36 bits per heavy atom. The van der Waals surface area contributed by atoms with Crippen molar-refractivity contribution in [2.75, 3.05) is 25.5 Å². The first-order chi connectivity index (χ1) is 12.1. The zero-order valence-corrected chi connectivity index (χ0v) is 15.8. The minimum absolute atomic E-state index is 0.113. The van der Waals surface area contributed by atoms with Gasteiger partial charge in [0.2, 0.25) is 5.95 Å². The Morgan fingerprint density at radius 2 is 2.20 bits per heavy atom. The monoisotopic (exact) mass is 401 g/mol. The second-order valence-electron chi connectivity index (χ2n) is 6.27. The van der Waals surface area contributed by atoms with Gasteiger partial charge >= 0.3 is 0 Å². The van der Waals surface area contributed by atoms with E-state index in [9.17, 15) is 5.11 Å². The van der Waals surface area contributed by atoms with Crippen LogP contribution in [0, 0.1) is 17.7 Å². The van der Waals surface area contributed by atoms with E-state index in [1.54, 1.807) is 12.1 Å². The average Bonchev–Trinajstić information content (AvgIpc) is 2.56. The predicted molar refractivity (Wildman–Crippen MR) is 102 cm³/mol. The molecule has 2 heterocycles. The number of aromatic hydroxyl groups is 1. The van der Waals surface area contributed by atoms with E-state index in [0.29, 0.717) is 23.2 Å². The van der Waals surface area contributed by atoms with Crippen molar-refractivity contribution in [1.29, 1.82) is 0 Å². The van der Waals surface area contributed by atoms with Gasteiger partial charge in [-0.15, -0.1) is 10.2 Å². The van der Waals surface area contributed by atoms with Crippen LogP contribution in [0.1, 0.15) is 24.1 Å². The molecule has 1 aliphatic rings. The molecule has 1 aliphatic heterocycles. The first kappa shape index (κ1) is 17.6. The summed E-state index contributed by atoms with van der Waals surface area (Å²) in [5, 5.41) is 22.1. The molecule has 1 saturated heterocycles. The van der Waals surface area contributed by atoms with Gasteiger partial charge in [0, 0.05) is 39.6 Å². The molecule has 0 radical (unpaired) electrons. The second kappa shape index (κ2) is 7.81. The lowest BCUT2D eigenvalue weighted by Crippen LogP contribution is -2.40. The maximum absolute atomic E-state index is 10.3. The third-order valence-electron chi connectivity index (χ3n) is 4.26. The van der Waals surface area contributed by atoms with E-state index in [1.807, 2.05) is 13.0 Å². The van der Waals surface area contributed by atoms with E-state index in [0.717, 1.165) is 37.2 Å². The molecule has 0 amide bonds. The van der Waals surface area contributed by atoms with E-state index < -0.39 is 0 Å². The van der Waals surface area contributed by atoms with Crippen molar-refractivity contribution in [3.05, 3.63) is 29.5 Å². The third-order valence-corrected chi connectivity index (χ3v) is 4.46. The molecular formula is C18H20BrN5O. The van der Waals surface area contributed by atoms with Crippen LogP contribution in [0.4, 0.5) is 5.95 Å². The molecule has 130 valence electrons. The lowest BCUT2D eigenvalue weighted by molar-refractivity contribution is 0.260. The molecule has 0 bridgehead atoms. The van der Waals surface area contributed by atoms with Gasteiger partial charge in [-0.3, -0.25) is 0 Å². The lowest BCUT2D eigenvalue weighted by Gasteiger charge is -2.30. The quantitative estimate of drug-likeness (QED) is 0.770. The fourth-order valence-corrected chi connectivity index (χ4v) is 3.27. The lowest BCUT2D eigenvalue weighted by atomic mass is 10.1. The molecule has 0 saturated carbocycles. The largest absolute Gasteiger partial charge is 0.507 e. The number of halogens is 1. The van der Waals surface area contributed by atoms with Gasteiger partial charge in [0.05, 0.1) is 5.69 Å². The number of rotatable bonds is 3. The Labute approximate surface area is 155 Å². The Kier molecular flexibility index (Phi) is 5.51. The van der Waals surface area contributed by atoms with Crippen LogP contribution in [0.3, 0.4) is 0 Å². The molecular weight excluding hydrogens is 382 g/mol. The van der Waals surface area contributed by atoms with Gasteiger partial charge in [-0.2, -0.15) is 0 Å². The van der Waals surface area contributed by atoms with Crippen LogP contribution in [0.25, 0.3) is 11.3 Å². The fourth-order valence-electron chi connectivity index (χ4n) is 3.04. The highest BCUT2D eigenvalue weighted by Crippen LogP contribution is 2.30. The Balaban J connectivity index is 1.81. The number of likely N-dealkylation sites (tertiary alicyclic amines) is 1. The zero-order valence-electron chi connectivity index (χ0n) is 14.3. The summed E-state index contributed by atoms with van der Waals surface area (Å²) in [6, 6.07) is 5.55. The summed E-state index contributed by atoms with van der Waals surface area (Å²) >= 11 is 3.05. The Morgan fingerprint density at radius 3 is 2.88 bits per heavy atom. The molecule has 1 atom stereocenters.